The van der Waals surface area contributed by atoms with Gasteiger partial charge in [-0.25, -0.2) is 4.79 Å². The summed E-state index contributed by atoms with van der Waals surface area (Å²) in [5, 5.41) is 0. The lowest BCUT2D eigenvalue weighted by Crippen LogP contribution is -2.53. The van der Waals surface area contributed by atoms with E-state index in [1.807, 2.05) is 43.9 Å². The lowest BCUT2D eigenvalue weighted by Gasteiger charge is -2.39. The first-order valence-electron chi connectivity index (χ1n) is 11.9. The Morgan fingerprint density at radius 3 is 2.34 bits per heavy atom. The highest BCUT2D eigenvalue weighted by Gasteiger charge is 2.29. The van der Waals surface area contributed by atoms with Crippen LogP contribution in [-0.2, 0) is 9.47 Å². The molecule has 1 saturated heterocycles. The average molecular weight is 512 g/mol. The molecule has 1 saturated carbocycles. The van der Waals surface area contributed by atoms with Crippen molar-refractivity contribution >= 4 is 22.0 Å². The van der Waals surface area contributed by atoms with E-state index in [0.29, 0.717) is 25.2 Å². The molecule has 0 N–H and O–H groups in total. The van der Waals surface area contributed by atoms with Crippen molar-refractivity contribution in [1.29, 1.82) is 0 Å². The van der Waals surface area contributed by atoms with Gasteiger partial charge >= 0.3 is 6.09 Å². The molecule has 1 atom stereocenters. The summed E-state index contributed by atoms with van der Waals surface area (Å²) in [6.45, 7) is 13.9. The molecule has 0 bridgehead atoms. The van der Waals surface area contributed by atoms with Gasteiger partial charge in [0, 0.05) is 42.3 Å². The van der Waals surface area contributed by atoms with E-state index in [0.717, 1.165) is 61.2 Å². The molecule has 32 heavy (non-hydrogen) atoms. The van der Waals surface area contributed by atoms with Gasteiger partial charge in [-0.1, -0.05) is 22.0 Å². The monoisotopic (exact) mass is 510 g/mol. The molecule has 0 radical (unpaired) electrons. The largest absolute Gasteiger partial charge is 0.490 e. The molecule has 1 unspecified atom stereocenters. The SMILES string of the molecule is Cc1c(Br)cccc1OC1CCC(OCC(C)N2CCN(C(=O)OC(C)(C)C)CC2)CC1. The van der Waals surface area contributed by atoms with Crippen LogP contribution in [0.4, 0.5) is 4.79 Å². The number of carbonyl (C=O) groups excluding carboxylic acids is 1. The number of hydrogen-bond acceptors (Lipinski definition) is 5. The van der Waals surface area contributed by atoms with E-state index >= 15 is 0 Å². The van der Waals surface area contributed by atoms with Gasteiger partial charge in [0.15, 0.2) is 0 Å². The number of carbonyl (C=O) groups is 1. The molecule has 0 aromatic heterocycles. The van der Waals surface area contributed by atoms with Crippen LogP contribution in [0.25, 0.3) is 0 Å². The summed E-state index contributed by atoms with van der Waals surface area (Å²) in [6, 6.07) is 6.46. The van der Waals surface area contributed by atoms with Crippen molar-refractivity contribution < 1.29 is 19.0 Å². The fourth-order valence-electron chi connectivity index (χ4n) is 4.26. The van der Waals surface area contributed by atoms with Gasteiger partial charge in [0.25, 0.3) is 0 Å². The van der Waals surface area contributed by atoms with Crippen LogP contribution in [0.1, 0.15) is 58.9 Å². The summed E-state index contributed by atoms with van der Waals surface area (Å²) in [4.78, 5) is 16.5. The molecule has 6 nitrogen and oxygen atoms in total. The fourth-order valence-corrected chi connectivity index (χ4v) is 4.61. The molecule has 2 aliphatic rings. The van der Waals surface area contributed by atoms with Crippen LogP contribution in [0, 0.1) is 6.92 Å². The molecule has 1 heterocycles. The van der Waals surface area contributed by atoms with E-state index in [4.69, 9.17) is 14.2 Å². The summed E-state index contributed by atoms with van der Waals surface area (Å²) < 4.78 is 19.1. The van der Waals surface area contributed by atoms with E-state index in [-0.39, 0.29) is 12.2 Å². The summed E-state index contributed by atoms with van der Waals surface area (Å²) in [5.41, 5.74) is 0.711. The van der Waals surface area contributed by atoms with Crippen molar-refractivity contribution in [2.75, 3.05) is 32.8 Å². The van der Waals surface area contributed by atoms with E-state index in [1.54, 1.807) is 0 Å². The van der Waals surface area contributed by atoms with Crippen molar-refractivity contribution in [2.45, 2.75) is 84.2 Å². The topological polar surface area (TPSA) is 51.2 Å². The van der Waals surface area contributed by atoms with E-state index in [2.05, 4.69) is 34.7 Å². The molecule has 7 heteroatoms. The van der Waals surface area contributed by atoms with Crippen LogP contribution in [0.5, 0.6) is 5.75 Å². The van der Waals surface area contributed by atoms with Crippen LogP contribution in [0.3, 0.4) is 0 Å². The van der Waals surface area contributed by atoms with Crippen LogP contribution in [0.2, 0.25) is 0 Å². The molecular formula is C25H39BrN2O4. The van der Waals surface area contributed by atoms with Crippen molar-refractivity contribution in [3.05, 3.63) is 28.2 Å². The van der Waals surface area contributed by atoms with Gasteiger partial charge in [0.2, 0.25) is 0 Å². The lowest BCUT2D eigenvalue weighted by molar-refractivity contribution is -0.0309. The number of rotatable bonds is 6. The number of benzene rings is 1. The number of ether oxygens (including phenoxy) is 3. The van der Waals surface area contributed by atoms with Gasteiger partial charge in [-0.2, -0.15) is 0 Å². The number of amides is 1. The number of nitrogens with zero attached hydrogens (tertiary/aromatic N) is 2. The molecule has 180 valence electrons. The molecule has 0 spiro atoms. The van der Waals surface area contributed by atoms with Crippen molar-refractivity contribution in [1.82, 2.24) is 9.80 Å². The third kappa shape index (κ3) is 7.35. The normalized spacial score (nSPS) is 23.6. The van der Waals surface area contributed by atoms with E-state index in [1.165, 1.54) is 0 Å². The zero-order valence-corrected chi connectivity index (χ0v) is 21.8. The Kier molecular flexibility index (Phi) is 8.87. The molecule has 1 aliphatic heterocycles. The first kappa shape index (κ1) is 25.3. The van der Waals surface area contributed by atoms with Gasteiger partial charge in [-0.3, -0.25) is 4.90 Å². The molecule has 1 aliphatic carbocycles. The minimum Gasteiger partial charge on any atom is -0.490 e. The Morgan fingerprint density at radius 2 is 1.72 bits per heavy atom. The fraction of sp³-hybridized carbons (Fsp3) is 0.720. The molecule has 1 aromatic carbocycles. The van der Waals surface area contributed by atoms with Crippen LogP contribution >= 0.6 is 15.9 Å². The maximum Gasteiger partial charge on any atom is 0.410 e. The van der Waals surface area contributed by atoms with Crippen LogP contribution in [0.15, 0.2) is 22.7 Å². The minimum absolute atomic E-state index is 0.210. The van der Waals surface area contributed by atoms with Gasteiger partial charge in [-0.05, 0) is 72.4 Å². The second kappa shape index (κ2) is 11.2. The quantitative estimate of drug-likeness (QED) is 0.512. The molecule has 1 aromatic rings. The highest BCUT2D eigenvalue weighted by atomic mass is 79.9. The number of halogens is 1. The van der Waals surface area contributed by atoms with Gasteiger partial charge < -0.3 is 19.1 Å². The first-order chi connectivity index (χ1) is 15.1. The molecule has 1 amide bonds. The standard InChI is InChI=1S/C25H39BrN2O4/c1-18(27-13-15-28(16-14-27)24(29)32-25(3,4)5)17-30-20-9-11-21(12-10-20)31-23-8-6-7-22(26)19(23)2/h6-8,18,20-21H,9-17H2,1-5H3. The van der Waals surface area contributed by atoms with Gasteiger partial charge in [0.1, 0.15) is 11.4 Å². The van der Waals surface area contributed by atoms with Crippen molar-refractivity contribution in [3.8, 4) is 5.75 Å². The zero-order chi connectivity index (χ0) is 23.3. The second-order valence-corrected chi connectivity index (χ2v) is 10.9. The average Bonchev–Trinajstić information content (AvgIpc) is 2.75. The van der Waals surface area contributed by atoms with Crippen LogP contribution < -0.4 is 4.74 Å². The highest BCUT2D eigenvalue weighted by molar-refractivity contribution is 9.10. The third-order valence-electron chi connectivity index (χ3n) is 6.30. The summed E-state index contributed by atoms with van der Waals surface area (Å²) in [6.07, 6.45) is 4.50. The van der Waals surface area contributed by atoms with E-state index in [9.17, 15) is 4.79 Å². The van der Waals surface area contributed by atoms with Crippen molar-refractivity contribution in [2.24, 2.45) is 0 Å². The zero-order valence-electron chi connectivity index (χ0n) is 20.2. The Balaban J connectivity index is 1.34. The molecule has 2 fully saturated rings. The minimum atomic E-state index is -0.448. The Morgan fingerprint density at radius 1 is 1.09 bits per heavy atom. The summed E-state index contributed by atoms with van der Waals surface area (Å²) >= 11 is 3.58. The second-order valence-electron chi connectivity index (χ2n) is 10.1. The Hall–Kier alpha value is -1.31. The Labute approximate surface area is 201 Å². The molecular weight excluding hydrogens is 472 g/mol. The smallest absolute Gasteiger partial charge is 0.410 e. The maximum atomic E-state index is 12.2. The van der Waals surface area contributed by atoms with Crippen LogP contribution in [-0.4, -0.2) is 72.5 Å². The predicted molar refractivity (Wildman–Crippen MR) is 130 cm³/mol. The maximum absolute atomic E-state index is 12.2. The van der Waals surface area contributed by atoms with Gasteiger partial charge in [0.05, 0.1) is 18.8 Å². The number of hydrogen-bond donors (Lipinski definition) is 0. The summed E-state index contributed by atoms with van der Waals surface area (Å²) in [5.74, 6) is 0.975. The third-order valence-corrected chi connectivity index (χ3v) is 7.15. The molecule has 3 rings (SSSR count). The highest BCUT2D eigenvalue weighted by Crippen LogP contribution is 2.30. The van der Waals surface area contributed by atoms with Gasteiger partial charge in [-0.15, -0.1) is 0 Å². The summed E-state index contributed by atoms with van der Waals surface area (Å²) in [7, 11) is 0. The van der Waals surface area contributed by atoms with Crippen molar-refractivity contribution in [3.63, 3.8) is 0 Å². The predicted octanol–water partition coefficient (Wildman–Crippen LogP) is 5.41. The first-order valence-corrected chi connectivity index (χ1v) is 12.7. The van der Waals surface area contributed by atoms with E-state index < -0.39 is 5.60 Å². The lowest BCUT2D eigenvalue weighted by atomic mass is 9.94. The Bertz CT molecular complexity index is 751. The number of piperazine rings is 1.